The largest absolute Gasteiger partial charge is 0.494 e. The SMILES string of the molecule is CCOc1ccc(C(C)NC(=O)c2cnn(-c3ccccc3F)c2C)cc1. The van der Waals surface area contributed by atoms with Crippen LogP contribution in [0.3, 0.4) is 0 Å². The molecule has 0 saturated carbocycles. The molecule has 140 valence electrons. The fourth-order valence-electron chi connectivity index (χ4n) is 2.88. The summed E-state index contributed by atoms with van der Waals surface area (Å²) >= 11 is 0. The van der Waals surface area contributed by atoms with Gasteiger partial charge in [0.1, 0.15) is 17.3 Å². The highest BCUT2D eigenvalue weighted by molar-refractivity contribution is 5.95. The Morgan fingerprint density at radius 3 is 2.59 bits per heavy atom. The maximum absolute atomic E-state index is 14.0. The summed E-state index contributed by atoms with van der Waals surface area (Å²) in [6.45, 7) is 6.19. The summed E-state index contributed by atoms with van der Waals surface area (Å²) in [6.07, 6.45) is 1.46. The monoisotopic (exact) mass is 367 g/mol. The first-order chi connectivity index (χ1) is 13.0. The summed E-state index contributed by atoms with van der Waals surface area (Å²) in [5.74, 6) is 0.150. The van der Waals surface area contributed by atoms with Crippen LogP contribution < -0.4 is 10.1 Å². The number of ether oxygens (including phenoxy) is 1. The lowest BCUT2D eigenvalue weighted by molar-refractivity contribution is 0.0939. The van der Waals surface area contributed by atoms with Crippen molar-refractivity contribution in [1.29, 1.82) is 0 Å². The normalized spacial score (nSPS) is 11.9. The van der Waals surface area contributed by atoms with E-state index in [2.05, 4.69) is 10.4 Å². The van der Waals surface area contributed by atoms with Gasteiger partial charge in [-0.15, -0.1) is 0 Å². The van der Waals surface area contributed by atoms with Gasteiger partial charge < -0.3 is 10.1 Å². The van der Waals surface area contributed by atoms with Gasteiger partial charge in [-0.1, -0.05) is 24.3 Å². The lowest BCUT2D eigenvalue weighted by Gasteiger charge is -2.15. The molecule has 1 unspecified atom stereocenters. The lowest BCUT2D eigenvalue weighted by Crippen LogP contribution is -2.27. The van der Waals surface area contributed by atoms with Crippen LogP contribution in [0.25, 0.3) is 5.69 Å². The molecular weight excluding hydrogens is 345 g/mol. The summed E-state index contributed by atoms with van der Waals surface area (Å²) in [6, 6.07) is 13.7. The molecule has 0 saturated heterocycles. The summed E-state index contributed by atoms with van der Waals surface area (Å²) < 4.78 is 20.9. The molecule has 1 heterocycles. The standard InChI is InChI=1S/C21H22FN3O2/c1-4-27-17-11-9-16(10-12-17)14(2)24-21(26)18-13-23-25(15(18)3)20-8-6-5-7-19(20)22/h5-14H,4H2,1-3H3,(H,24,26). The van der Waals surface area contributed by atoms with Gasteiger partial charge in [-0.3, -0.25) is 4.79 Å². The van der Waals surface area contributed by atoms with Gasteiger partial charge in [-0.25, -0.2) is 9.07 Å². The van der Waals surface area contributed by atoms with Crippen LogP contribution in [0, 0.1) is 12.7 Å². The molecule has 0 radical (unpaired) electrons. The van der Waals surface area contributed by atoms with Crippen LogP contribution in [0.15, 0.2) is 54.7 Å². The Bertz CT molecular complexity index is 935. The Kier molecular flexibility index (Phi) is 5.54. The van der Waals surface area contributed by atoms with Gasteiger partial charge in [0.05, 0.1) is 30.1 Å². The van der Waals surface area contributed by atoms with Crippen molar-refractivity contribution in [3.8, 4) is 11.4 Å². The molecule has 0 fully saturated rings. The smallest absolute Gasteiger partial charge is 0.255 e. The molecule has 27 heavy (non-hydrogen) atoms. The first-order valence-electron chi connectivity index (χ1n) is 8.84. The van der Waals surface area contributed by atoms with Gasteiger partial charge in [0, 0.05) is 0 Å². The van der Waals surface area contributed by atoms with Crippen molar-refractivity contribution in [2.45, 2.75) is 26.8 Å². The zero-order chi connectivity index (χ0) is 19.4. The highest BCUT2D eigenvalue weighted by Crippen LogP contribution is 2.20. The van der Waals surface area contributed by atoms with E-state index in [9.17, 15) is 9.18 Å². The van der Waals surface area contributed by atoms with E-state index in [-0.39, 0.29) is 11.9 Å². The number of carbonyl (C=O) groups is 1. The fourth-order valence-corrected chi connectivity index (χ4v) is 2.88. The van der Waals surface area contributed by atoms with Crippen molar-refractivity contribution in [3.05, 3.63) is 77.4 Å². The highest BCUT2D eigenvalue weighted by atomic mass is 19.1. The van der Waals surface area contributed by atoms with E-state index in [0.29, 0.717) is 23.6 Å². The van der Waals surface area contributed by atoms with E-state index < -0.39 is 5.82 Å². The van der Waals surface area contributed by atoms with Gasteiger partial charge >= 0.3 is 0 Å². The average molecular weight is 367 g/mol. The van der Waals surface area contributed by atoms with E-state index in [0.717, 1.165) is 11.3 Å². The topological polar surface area (TPSA) is 56.1 Å². The first-order valence-corrected chi connectivity index (χ1v) is 8.84. The molecule has 1 atom stereocenters. The maximum atomic E-state index is 14.0. The zero-order valence-corrected chi connectivity index (χ0v) is 15.6. The minimum atomic E-state index is -0.390. The summed E-state index contributed by atoms with van der Waals surface area (Å²) in [4.78, 5) is 12.7. The number of rotatable bonds is 6. The van der Waals surface area contributed by atoms with Gasteiger partial charge in [-0.2, -0.15) is 5.10 Å². The molecule has 3 rings (SSSR count). The number of aromatic nitrogens is 2. The molecule has 1 N–H and O–H groups in total. The number of benzene rings is 2. The molecule has 5 nitrogen and oxygen atoms in total. The second-order valence-corrected chi connectivity index (χ2v) is 6.20. The quantitative estimate of drug-likeness (QED) is 0.710. The summed E-state index contributed by atoms with van der Waals surface area (Å²) in [5, 5.41) is 7.14. The van der Waals surface area contributed by atoms with Crippen molar-refractivity contribution < 1.29 is 13.9 Å². The van der Waals surface area contributed by atoms with Crippen LogP contribution in [-0.2, 0) is 0 Å². The number of hydrogen-bond donors (Lipinski definition) is 1. The van der Waals surface area contributed by atoms with Gasteiger partial charge in [0.25, 0.3) is 5.91 Å². The van der Waals surface area contributed by atoms with Crippen molar-refractivity contribution in [2.75, 3.05) is 6.61 Å². The zero-order valence-electron chi connectivity index (χ0n) is 15.6. The first kappa shape index (κ1) is 18.6. The Balaban J connectivity index is 1.76. The van der Waals surface area contributed by atoms with Crippen LogP contribution in [-0.4, -0.2) is 22.3 Å². The van der Waals surface area contributed by atoms with Crippen molar-refractivity contribution in [1.82, 2.24) is 15.1 Å². The number of nitrogens with one attached hydrogen (secondary N) is 1. The van der Waals surface area contributed by atoms with E-state index >= 15 is 0 Å². The van der Waals surface area contributed by atoms with E-state index in [1.165, 1.54) is 16.9 Å². The minimum Gasteiger partial charge on any atom is -0.494 e. The van der Waals surface area contributed by atoms with Gasteiger partial charge in [0.2, 0.25) is 0 Å². The lowest BCUT2D eigenvalue weighted by atomic mass is 10.1. The van der Waals surface area contributed by atoms with Crippen LogP contribution in [0.5, 0.6) is 5.75 Å². The molecule has 0 spiro atoms. The van der Waals surface area contributed by atoms with Crippen molar-refractivity contribution in [3.63, 3.8) is 0 Å². The van der Waals surface area contributed by atoms with Crippen LogP contribution >= 0.6 is 0 Å². The van der Waals surface area contributed by atoms with Crippen LogP contribution in [0.4, 0.5) is 4.39 Å². The van der Waals surface area contributed by atoms with Crippen molar-refractivity contribution in [2.24, 2.45) is 0 Å². The van der Waals surface area contributed by atoms with Crippen LogP contribution in [0.1, 0.15) is 41.5 Å². The molecule has 1 aromatic heterocycles. The number of para-hydroxylation sites is 1. The number of carbonyl (C=O) groups excluding carboxylic acids is 1. The summed E-state index contributed by atoms with van der Waals surface area (Å²) in [7, 11) is 0. The predicted molar refractivity (Wildman–Crippen MR) is 102 cm³/mol. The highest BCUT2D eigenvalue weighted by Gasteiger charge is 2.18. The predicted octanol–water partition coefficient (Wildman–Crippen LogP) is 4.21. The molecule has 1 amide bonds. The molecule has 0 aliphatic carbocycles. The molecule has 6 heteroatoms. The second-order valence-electron chi connectivity index (χ2n) is 6.20. The average Bonchev–Trinajstić information content (AvgIpc) is 3.04. The fraction of sp³-hybridized carbons (Fsp3) is 0.238. The number of nitrogens with zero attached hydrogens (tertiary/aromatic N) is 2. The molecule has 0 aliphatic heterocycles. The molecule has 0 bridgehead atoms. The Morgan fingerprint density at radius 2 is 1.93 bits per heavy atom. The molecule has 0 aliphatic rings. The van der Waals surface area contributed by atoms with Crippen LogP contribution in [0.2, 0.25) is 0 Å². The Labute approximate surface area is 157 Å². The van der Waals surface area contributed by atoms with E-state index in [1.807, 2.05) is 38.1 Å². The third-order valence-electron chi connectivity index (χ3n) is 4.37. The molecule has 3 aromatic rings. The third kappa shape index (κ3) is 4.00. The molecular formula is C21H22FN3O2. The number of amides is 1. The summed E-state index contributed by atoms with van der Waals surface area (Å²) in [5.41, 5.74) is 2.27. The minimum absolute atomic E-state index is 0.190. The van der Waals surface area contributed by atoms with Crippen molar-refractivity contribution >= 4 is 5.91 Å². The van der Waals surface area contributed by atoms with Gasteiger partial charge in [0.15, 0.2) is 0 Å². The van der Waals surface area contributed by atoms with E-state index in [4.69, 9.17) is 4.74 Å². The number of hydrogen-bond acceptors (Lipinski definition) is 3. The molecule has 2 aromatic carbocycles. The van der Waals surface area contributed by atoms with E-state index in [1.54, 1.807) is 25.1 Å². The van der Waals surface area contributed by atoms with Gasteiger partial charge in [-0.05, 0) is 50.6 Å². The Morgan fingerprint density at radius 1 is 1.22 bits per heavy atom. The third-order valence-corrected chi connectivity index (χ3v) is 4.37. The number of halogens is 1. The second kappa shape index (κ2) is 8.03. The Hall–Kier alpha value is -3.15. The maximum Gasteiger partial charge on any atom is 0.255 e.